The Morgan fingerprint density at radius 3 is 2.64 bits per heavy atom. The van der Waals surface area contributed by atoms with Crippen molar-refractivity contribution in [1.82, 2.24) is 4.57 Å². The number of nitrogens with one attached hydrogen (secondary N) is 1. The molecule has 4 N–H and O–H groups in total. The van der Waals surface area contributed by atoms with Crippen molar-refractivity contribution in [2.45, 2.75) is 31.7 Å². The monoisotopic (exact) mass is 377 g/mol. The van der Waals surface area contributed by atoms with Crippen LogP contribution in [0.5, 0.6) is 0 Å². The van der Waals surface area contributed by atoms with Crippen molar-refractivity contribution in [3.8, 4) is 0 Å². The summed E-state index contributed by atoms with van der Waals surface area (Å²) in [6.45, 7) is 0.778. The Hall–Kier alpha value is -3.28. The van der Waals surface area contributed by atoms with Gasteiger partial charge in [-0.2, -0.15) is 0 Å². The fourth-order valence-electron chi connectivity index (χ4n) is 3.58. The lowest BCUT2D eigenvalue weighted by molar-refractivity contribution is 0.0695. The lowest BCUT2D eigenvalue weighted by Gasteiger charge is -2.15. The predicted molar refractivity (Wildman–Crippen MR) is 111 cm³/mol. The molecular weight excluding hydrogens is 354 g/mol. The fourth-order valence-corrected chi connectivity index (χ4v) is 3.58. The molecule has 0 spiro atoms. The van der Waals surface area contributed by atoms with Crippen LogP contribution in [0.1, 0.15) is 41.2 Å². The number of carboxylic acid groups (broad SMARTS) is 1. The number of aromatic nitrogens is 1. The topological polar surface area (TPSA) is 97.3 Å². The molecule has 0 unspecified atom stereocenters. The first-order valence-electron chi connectivity index (χ1n) is 9.54. The van der Waals surface area contributed by atoms with Gasteiger partial charge in [-0.05, 0) is 43.4 Å². The van der Waals surface area contributed by atoms with Gasteiger partial charge in [-0.15, -0.1) is 0 Å². The van der Waals surface area contributed by atoms with Crippen LogP contribution in [0.2, 0.25) is 0 Å². The molecule has 1 heterocycles. The maximum absolute atomic E-state index is 12.6. The van der Waals surface area contributed by atoms with Gasteiger partial charge in [-0.1, -0.05) is 30.3 Å². The van der Waals surface area contributed by atoms with Crippen LogP contribution in [0.4, 0.5) is 11.4 Å². The van der Waals surface area contributed by atoms with Crippen LogP contribution in [-0.2, 0) is 6.42 Å². The number of pyridine rings is 1. The molecule has 0 saturated heterocycles. The van der Waals surface area contributed by atoms with E-state index in [2.05, 4.69) is 17.4 Å². The molecule has 0 amide bonds. The minimum atomic E-state index is -1.22. The zero-order valence-corrected chi connectivity index (χ0v) is 15.5. The molecule has 6 nitrogen and oxygen atoms in total. The minimum Gasteiger partial charge on any atom is -0.477 e. The molecule has 6 heteroatoms. The maximum atomic E-state index is 12.6. The largest absolute Gasteiger partial charge is 0.477 e. The van der Waals surface area contributed by atoms with Gasteiger partial charge in [-0.3, -0.25) is 4.79 Å². The molecule has 0 radical (unpaired) electrons. The second kappa shape index (κ2) is 7.38. The van der Waals surface area contributed by atoms with Crippen molar-refractivity contribution in [1.29, 1.82) is 0 Å². The molecule has 0 atom stereocenters. The van der Waals surface area contributed by atoms with E-state index in [1.54, 1.807) is 6.07 Å². The van der Waals surface area contributed by atoms with E-state index in [0.717, 1.165) is 37.9 Å². The average molecular weight is 377 g/mol. The summed E-state index contributed by atoms with van der Waals surface area (Å²) in [5, 5.41) is 13.0. The molecule has 28 heavy (non-hydrogen) atoms. The number of carboxylic acids is 1. The highest BCUT2D eigenvalue weighted by atomic mass is 16.4. The standard InChI is InChI=1S/C22H23N3O3/c23-18-11-15(24-10-4-7-14-5-2-1-3-6-14)12-19-20(18)21(26)17(22(27)28)13-25(19)16-8-9-16/h1-3,5-6,11-13,16,24H,4,7-10,23H2,(H,27,28). The summed E-state index contributed by atoms with van der Waals surface area (Å²) >= 11 is 0. The Bertz CT molecular complexity index is 1090. The fraction of sp³-hybridized carbons (Fsp3) is 0.273. The Labute approximate surface area is 162 Å². The number of anilines is 2. The molecule has 1 aliphatic carbocycles. The quantitative estimate of drug-likeness (QED) is 0.431. The summed E-state index contributed by atoms with van der Waals surface area (Å²) in [5.41, 5.74) is 8.57. The number of aryl methyl sites for hydroxylation is 1. The Balaban J connectivity index is 1.60. The van der Waals surface area contributed by atoms with Crippen molar-refractivity contribution in [2.24, 2.45) is 0 Å². The number of nitrogens with zero attached hydrogens (tertiary/aromatic N) is 1. The van der Waals surface area contributed by atoms with Gasteiger partial charge >= 0.3 is 5.97 Å². The third kappa shape index (κ3) is 3.58. The zero-order chi connectivity index (χ0) is 19.7. The molecule has 1 aromatic heterocycles. The number of aromatic carboxylic acids is 1. The van der Waals surface area contributed by atoms with E-state index < -0.39 is 11.4 Å². The zero-order valence-electron chi connectivity index (χ0n) is 15.5. The molecular formula is C22H23N3O3. The van der Waals surface area contributed by atoms with Crippen molar-refractivity contribution < 1.29 is 9.90 Å². The number of carbonyl (C=O) groups is 1. The Morgan fingerprint density at radius 1 is 1.21 bits per heavy atom. The van der Waals surface area contributed by atoms with Gasteiger partial charge in [0.1, 0.15) is 5.56 Å². The first kappa shape index (κ1) is 18.1. The van der Waals surface area contributed by atoms with Crippen LogP contribution in [0, 0.1) is 0 Å². The van der Waals surface area contributed by atoms with Gasteiger partial charge in [0.25, 0.3) is 0 Å². The number of hydrogen-bond donors (Lipinski definition) is 3. The average Bonchev–Trinajstić information content (AvgIpc) is 3.51. The van der Waals surface area contributed by atoms with Crippen LogP contribution < -0.4 is 16.5 Å². The molecule has 3 aromatic rings. The SMILES string of the molecule is Nc1cc(NCCCc2ccccc2)cc2c1c(=O)c(C(=O)O)cn2C1CC1. The molecule has 1 saturated carbocycles. The second-order valence-electron chi connectivity index (χ2n) is 7.29. The molecule has 4 rings (SSSR count). The van der Waals surface area contributed by atoms with Crippen LogP contribution in [0.25, 0.3) is 10.9 Å². The number of benzene rings is 2. The summed E-state index contributed by atoms with van der Waals surface area (Å²) < 4.78 is 1.89. The number of rotatable bonds is 7. The van der Waals surface area contributed by atoms with E-state index in [9.17, 15) is 14.7 Å². The van der Waals surface area contributed by atoms with Crippen molar-refractivity contribution >= 4 is 28.2 Å². The van der Waals surface area contributed by atoms with Crippen LogP contribution >= 0.6 is 0 Å². The lowest BCUT2D eigenvalue weighted by atomic mass is 10.1. The van der Waals surface area contributed by atoms with Crippen molar-refractivity contribution in [2.75, 3.05) is 17.6 Å². The molecule has 2 aromatic carbocycles. The Kier molecular flexibility index (Phi) is 4.77. The molecule has 0 bridgehead atoms. The van der Waals surface area contributed by atoms with Crippen LogP contribution in [0.15, 0.2) is 53.5 Å². The van der Waals surface area contributed by atoms with Gasteiger partial charge in [0.15, 0.2) is 0 Å². The molecule has 1 aliphatic rings. The summed E-state index contributed by atoms with van der Waals surface area (Å²) in [4.78, 5) is 24.1. The number of nitrogens with two attached hydrogens (primary N) is 1. The van der Waals surface area contributed by atoms with Crippen LogP contribution in [-0.4, -0.2) is 22.2 Å². The first-order chi connectivity index (χ1) is 13.5. The van der Waals surface area contributed by atoms with E-state index in [1.807, 2.05) is 28.8 Å². The third-order valence-corrected chi connectivity index (χ3v) is 5.15. The summed E-state index contributed by atoms with van der Waals surface area (Å²) in [6.07, 6.45) is 5.36. The van der Waals surface area contributed by atoms with E-state index in [4.69, 9.17) is 5.73 Å². The highest BCUT2D eigenvalue weighted by molar-refractivity contribution is 5.99. The van der Waals surface area contributed by atoms with Gasteiger partial charge in [-0.25, -0.2) is 4.79 Å². The number of nitrogen functional groups attached to an aromatic ring is 1. The number of fused-ring (bicyclic) bond motifs is 1. The van der Waals surface area contributed by atoms with Gasteiger partial charge in [0.05, 0.1) is 10.9 Å². The van der Waals surface area contributed by atoms with Gasteiger partial charge in [0.2, 0.25) is 5.43 Å². The maximum Gasteiger partial charge on any atom is 0.341 e. The summed E-state index contributed by atoms with van der Waals surface area (Å²) in [5.74, 6) is -1.22. The lowest BCUT2D eigenvalue weighted by Crippen LogP contribution is -2.20. The van der Waals surface area contributed by atoms with E-state index in [1.165, 1.54) is 11.8 Å². The summed E-state index contributed by atoms with van der Waals surface area (Å²) in [7, 11) is 0. The summed E-state index contributed by atoms with van der Waals surface area (Å²) in [6, 6.07) is 14.2. The van der Waals surface area contributed by atoms with Gasteiger partial charge in [0, 0.05) is 30.2 Å². The second-order valence-corrected chi connectivity index (χ2v) is 7.29. The van der Waals surface area contributed by atoms with Crippen molar-refractivity contribution in [3.63, 3.8) is 0 Å². The predicted octanol–water partition coefficient (Wildman–Crippen LogP) is 3.66. The normalized spacial score (nSPS) is 13.6. The smallest absolute Gasteiger partial charge is 0.341 e. The molecule has 144 valence electrons. The first-order valence-corrected chi connectivity index (χ1v) is 9.54. The van der Waals surface area contributed by atoms with E-state index in [-0.39, 0.29) is 11.6 Å². The van der Waals surface area contributed by atoms with Crippen LogP contribution in [0.3, 0.4) is 0 Å². The molecule has 0 aliphatic heterocycles. The highest BCUT2D eigenvalue weighted by Crippen LogP contribution is 2.38. The van der Waals surface area contributed by atoms with Gasteiger partial charge < -0.3 is 20.7 Å². The van der Waals surface area contributed by atoms with Crippen molar-refractivity contribution in [3.05, 3.63) is 70.0 Å². The minimum absolute atomic E-state index is 0.227. The van der Waals surface area contributed by atoms with E-state index >= 15 is 0 Å². The number of hydrogen-bond acceptors (Lipinski definition) is 4. The Morgan fingerprint density at radius 2 is 1.96 bits per heavy atom. The van der Waals surface area contributed by atoms with E-state index in [0.29, 0.717) is 16.6 Å². The highest BCUT2D eigenvalue weighted by Gasteiger charge is 2.27. The molecule has 1 fully saturated rings. The third-order valence-electron chi connectivity index (χ3n) is 5.15.